The van der Waals surface area contributed by atoms with Crippen LogP contribution in [0.3, 0.4) is 0 Å². The minimum atomic E-state index is -6.17. The molecule has 0 rings (SSSR count). The zero-order chi connectivity index (χ0) is 9.00. The Morgan fingerprint density at radius 2 is 0.615 bits per heavy atom. The molecule has 0 heterocycles. The van der Waals surface area contributed by atoms with Crippen molar-refractivity contribution in [3.05, 3.63) is 0 Å². The Morgan fingerprint density at radius 3 is 0.615 bits per heavy atom. The summed E-state index contributed by atoms with van der Waals surface area (Å²) in [6, 6.07) is 0. The summed E-state index contributed by atoms with van der Waals surface area (Å²) in [5, 5.41) is 0. The van der Waals surface area contributed by atoms with Crippen LogP contribution in [0.1, 0.15) is 0 Å². The Balaban J connectivity index is -0.0000000267. The van der Waals surface area contributed by atoms with Gasteiger partial charge in [-0.2, -0.15) is 0 Å². The van der Waals surface area contributed by atoms with E-state index in [0.717, 1.165) is 0 Å². The van der Waals surface area contributed by atoms with Crippen LogP contribution >= 0.6 is 0 Å². The van der Waals surface area contributed by atoms with E-state index in [2.05, 4.69) is 0 Å². The van der Waals surface area contributed by atoms with E-state index in [1.54, 1.807) is 0 Å². The van der Waals surface area contributed by atoms with Crippen LogP contribution in [-0.2, 0) is 64.2 Å². The second-order valence-corrected chi connectivity index (χ2v) is 6.68. The zero-order valence-electron chi connectivity index (χ0n) is 6.46. The molecule has 0 spiro atoms. The van der Waals surface area contributed by atoms with Crippen molar-refractivity contribution in [1.82, 2.24) is 0 Å². The van der Waals surface area contributed by atoms with E-state index < -0.39 is 33.5 Å². The average molecular weight is 597 g/mol. The van der Waals surface area contributed by atoms with E-state index in [-0.39, 0.29) is 76.2 Å². The van der Waals surface area contributed by atoms with Gasteiger partial charge >= 0.3 is 138 Å². The van der Waals surface area contributed by atoms with Gasteiger partial charge in [-0.1, -0.05) is 0 Å². The van der Waals surface area contributed by atoms with Gasteiger partial charge in [0.15, 0.2) is 0 Å². The van der Waals surface area contributed by atoms with Gasteiger partial charge in [-0.25, -0.2) is 0 Å². The van der Waals surface area contributed by atoms with Crippen LogP contribution < -0.4 is 74.2 Å². The van der Waals surface area contributed by atoms with Crippen LogP contribution in [0.5, 0.6) is 0 Å². The molecule has 0 aliphatic carbocycles. The topological polar surface area (TPSA) is 161 Å². The molecule has 0 saturated heterocycles. The molecule has 0 amide bonds. The molecule has 1 radical (unpaired) electrons. The molecule has 0 aromatic rings. The van der Waals surface area contributed by atoms with Crippen molar-refractivity contribution < 1.29 is 138 Å². The molecule has 0 unspecified atom stereocenters. The fourth-order valence-electron chi connectivity index (χ4n) is 0. The van der Waals surface area contributed by atoms with Crippen LogP contribution in [0.4, 0.5) is 0 Å². The standard InChI is InChI=1S/Mn.2Na.8O.2W/q+2;2*+1;;;;;4*-1;;. The van der Waals surface area contributed by atoms with Crippen molar-refractivity contribution in [1.29, 1.82) is 0 Å². The fourth-order valence-corrected chi connectivity index (χ4v) is 0. The summed E-state index contributed by atoms with van der Waals surface area (Å²) in [6.45, 7) is 0. The van der Waals surface area contributed by atoms with Crippen LogP contribution in [-0.4, -0.2) is 0 Å². The van der Waals surface area contributed by atoms with Crippen molar-refractivity contribution in [2.75, 3.05) is 0 Å². The molecular formula is MnNa2O8W2. The molecule has 0 aliphatic heterocycles. The Bertz CT molecular complexity index is 217. The Morgan fingerprint density at radius 1 is 0.615 bits per heavy atom. The zero-order valence-corrected chi connectivity index (χ0v) is 17.5. The van der Waals surface area contributed by atoms with Crippen LogP contribution in [0.25, 0.3) is 0 Å². The monoisotopic (exact) mass is 597 g/mol. The minimum absolute atomic E-state index is 0. The first-order valence-electron chi connectivity index (χ1n) is 1.33. The fraction of sp³-hybridized carbons (Fsp3) is 0. The molecular weight excluding hydrogens is 597 g/mol. The summed E-state index contributed by atoms with van der Waals surface area (Å²) in [5.74, 6) is 0. The van der Waals surface area contributed by atoms with Crippen LogP contribution in [0, 0.1) is 0 Å². The van der Waals surface area contributed by atoms with Gasteiger partial charge in [0.05, 0.1) is 0 Å². The van der Waals surface area contributed by atoms with E-state index in [0.29, 0.717) is 0 Å². The summed E-state index contributed by atoms with van der Waals surface area (Å²) in [5.41, 5.74) is 0. The van der Waals surface area contributed by atoms with Gasteiger partial charge in [-0.15, -0.1) is 0 Å². The molecule has 0 bridgehead atoms. The van der Waals surface area contributed by atoms with E-state index in [1.807, 2.05) is 0 Å². The third-order valence-corrected chi connectivity index (χ3v) is 0. The van der Waals surface area contributed by atoms with Crippen LogP contribution in [0.2, 0.25) is 0 Å². The van der Waals surface area contributed by atoms with E-state index in [4.69, 9.17) is 28.6 Å². The predicted molar refractivity (Wildman–Crippen MR) is 2.75 cm³/mol. The maximum absolute atomic E-state index is 8.65. The molecule has 0 aromatic carbocycles. The van der Waals surface area contributed by atoms with Gasteiger partial charge in [0.25, 0.3) is 0 Å². The van der Waals surface area contributed by atoms with Crippen molar-refractivity contribution in [2.24, 2.45) is 0 Å². The number of hydrogen-bond donors (Lipinski definition) is 0. The molecule has 69 valence electrons. The van der Waals surface area contributed by atoms with Crippen molar-refractivity contribution in [2.45, 2.75) is 0 Å². The van der Waals surface area contributed by atoms with Gasteiger partial charge in [-0.3, -0.25) is 0 Å². The summed E-state index contributed by atoms with van der Waals surface area (Å²) < 4.78 is 69.2. The molecule has 0 aliphatic rings. The first kappa shape index (κ1) is 29.7. The average Bonchev–Trinajstić information content (AvgIpc) is 1.12. The molecule has 0 saturated carbocycles. The van der Waals surface area contributed by atoms with Gasteiger partial charge in [0, 0.05) is 0 Å². The normalized spacial score (nSPS) is 8.92. The van der Waals surface area contributed by atoms with Gasteiger partial charge in [0.2, 0.25) is 0 Å². The van der Waals surface area contributed by atoms with Crippen molar-refractivity contribution in [3.63, 3.8) is 0 Å². The van der Waals surface area contributed by atoms with E-state index >= 15 is 0 Å². The first-order chi connectivity index (χ1) is 4.00. The first-order valence-corrected chi connectivity index (χ1v) is 10.9. The van der Waals surface area contributed by atoms with Crippen molar-refractivity contribution >= 4 is 0 Å². The second kappa shape index (κ2) is 13.0. The summed E-state index contributed by atoms with van der Waals surface area (Å²) in [4.78, 5) is 0. The summed E-state index contributed by atoms with van der Waals surface area (Å²) in [7, 11) is 0. The quantitative estimate of drug-likeness (QED) is 0.249. The SMILES string of the molecule is [Mn+2].[Na+].[Na+].[O]=[W](=[O])([O-])[O-].[O]=[W](=[O])([O-])[O-]. The maximum atomic E-state index is 8.65. The number of hydrogen-bond acceptors (Lipinski definition) is 8. The van der Waals surface area contributed by atoms with Crippen molar-refractivity contribution in [3.8, 4) is 0 Å². The molecule has 13 heteroatoms. The molecule has 0 aromatic heterocycles. The van der Waals surface area contributed by atoms with Gasteiger partial charge in [0.1, 0.15) is 0 Å². The summed E-state index contributed by atoms with van der Waals surface area (Å²) in [6.07, 6.45) is 0. The van der Waals surface area contributed by atoms with Gasteiger partial charge < -0.3 is 0 Å². The number of rotatable bonds is 0. The predicted octanol–water partition coefficient (Wildman–Crippen LogP) is -11.2. The third-order valence-electron chi connectivity index (χ3n) is 0. The Kier molecular flexibility index (Phi) is 29.7. The molecule has 0 N–H and O–H groups in total. The molecule has 8 nitrogen and oxygen atoms in total. The molecule has 13 heavy (non-hydrogen) atoms. The molecule has 0 fully saturated rings. The Labute approximate surface area is 136 Å². The van der Waals surface area contributed by atoms with E-state index in [9.17, 15) is 0 Å². The third kappa shape index (κ3) is 290. The van der Waals surface area contributed by atoms with E-state index in [1.165, 1.54) is 0 Å². The van der Waals surface area contributed by atoms with Gasteiger partial charge in [-0.05, 0) is 0 Å². The molecule has 0 atom stereocenters. The van der Waals surface area contributed by atoms with Crippen LogP contribution in [0.15, 0.2) is 0 Å². The Hall–Kier alpha value is 2.94. The second-order valence-electron chi connectivity index (χ2n) is 0.816. The summed E-state index contributed by atoms with van der Waals surface area (Å²) >= 11 is -12.3.